The van der Waals surface area contributed by atoms with Crippen molar-refractivity contribution in [3.05, 3.63) is 60.8 Å². The van der Waals surface area contributed by atoms with Gasteiger partial charge in [-0.3, -0.25) is 27.7 Å². The Kier molecular flexibility index (Phi) is 36.2. The molecule has 0 aromatic carbocycles. The molecule has 0 saturated heterocycles. The Morgan fingerprint density at radius 3 is 1.36 bits per heavy atom. The van der Waals surface area contributed by atoms with E-state index in [9.17, 15) is 63.1 Å². The van der Waals surface area contributed by atoms with Crippen LogP contribution >= 0.6 is 23.5 Å². The fraction of sp³-hybridized carbons (Fsp3) is 0.745. The summed E-state index contributed by atoms with van der Waals surface area (Å²) in [5.41, 5.74) is 0. The predicted octanol–water partition coefficient (Wildman–Crippen LogP) is 9.18. The van der Waals surface area contributed by atoms with Gasteiger partial charge in [0.25, 0.3) is 0 Å². The summed E-state index contributed by atoms with van der Waals surface area (Å²) in [5.74, 6) is -1.34. The first-order valence-corrected chi connectivity index (χ1v) is 29.1. The normalized spacial score (nSPS) is 21.8. The van der Waals surface area contributed by atoms with Crippen LogP contribution in [0.15, 0.2) is 60.8 Å². The summed E-state index contributed by atoms with van der Waals surface area (Å²) in [6.45, 7) is 2.80. The number of aliphatic hydroxyl groups excluding tert-OH is 3. The molecule has 1 aliphatic carbocycles. The Balaban J connectivity index is 2.74. The Labute approximate surface area is 409 Å². The van der Waals surface area contributed by atoms with Gasteiger partial charge >= 0.3 is 35.4 Å². The third-order valence-corrected chi connectivity index (χ3v) is 12.9. The summed E-state index contributed by atoms with van der Waals surface area (Å²) < 4.78 is 65.5. The van der Waals surface area contributed by atoms with Crippen LogP contribution in [0.4, 0.5) is 0 Å². The van der Waals surface area contributed by atoms with Gasteiger partial charge in [-0.1, -0.05) is 158 Å². The van der Waals surface area contributed by atoms with Gasteiger partial charge < -0.3 is 49.3 Å². The molecule has 0 radical (unpaired) electrons. The molecule has 8 N–H and O–H groups in total. The topological polar surface area (TPSA) is 303 Å². The van der Waals surface area contributed by atoms with E-state index in [1.165, 1.54) is 51.4 Å². The van der Waals surface area contributed by atoms with E-state index in [4.69, 9.17) is 18.5 Å². The maximum absolute atomic E-state index is 13.1. The summed E-state index contributed by atoms with van der Waals surface area (Å²) >= 11 is 0. The molecule has 1 aliphatic rings. The number of hydrogen-bond acceptors (Lipinski definition) is 14. The molecule has 0 aliphatic heterocycles. The van der Waals surface area contributed by atoms with Crippen molar-refractivity contribution in [2.24, 2.45) is 0 Å². The van der Waals surface area contributed by atoms with Crippen LogP contribution in [0.25, 0.3) is 0 Å². The highest BCUT2D eigenvalue weighted by Gasteiger charge is 2.56. The van der Waals surface area contributed by atoms with Crippen LogP contribution in [-0.4, -0.2) is 108 Å². The first kappa shape index (κ1) is 64.9. The largest absolute Gasteiger partial charge is 0.472 e. The number of ether oxygens (including phenoxy) is 2. The lowest BCUT2D eigenvalue weighted by Crippen LogP contribution is -2.65. The summed E-state index contributed by atoms with van der Waals surface area (Å²) in [4.78, 5) is 73.2. The fourth-order valence-corrected chi connectivity index (χ4v) is 9.29. The van der Waals surface area contributed by atoms with Gasteiger partial charge in [0.1, 0.15) is 43.2 Å². The molecule has 0 aromatic rings. The molecule has 1 rings (SSSR count). The molecule has 0 bridgehead atoms. The van der Waals surface area contributed by atoms with E-state index in [2.05, 4.69) is 83.7 Å². The number of phosphoric ester groups is 3. The van der Waals surface area contributed by atoms with Gasteiger partial charge in [0.05, 0.1) is 6.61 Å². The molecule has 5 unspecified atom stereocenters. The average Bonchev–Trinajstić information content (AvgIpc) is 3.28. The van der Waals surface area contributed by atoms with Crippen LogP contribution in [0, 0.1) is 0 Å². The number of esters is 2. The number of aliphatic hydroxyl groups is 3. The maximum Gasteiger partial charge on any atom is 0.472 e. The van der Waals surface area contributed by atoms with Crippen molar-refractivity contribution in [3.63, 3.8) is 0 Å². The molecule has 400 valence electrons. The minimum Gasteiger partial charge on any atom is -0.462 e. The SMILES string of the molecule is CC/C=C\C/C=C\C/C=C\C/C=C\C/C=C\CCCCCC(=O)O[C@H](COC(=O)CCCCCCCCCCCCCCC)COP(=O)(O)O[C@H]1C(O)C(O)C(OP(=O)(O)O)[C@@H](OP(=O)(O)O)C1O. The minimum atomic E-state index is -5.61. The lowest BCUT2D eigenvalue weighted by atomic mass is 9.85. The van der Waals surface area contributed by atoms with Crippen molar-refractivity contribution in [2.75, 3.05) is 13.2 Å². The van der Waals surface area contributed by atoms with Crippen molar-refractivity contribution in [2.45, 2.75) is 211 Å². The van der Waals surface area contributed by atoms with Crippen LogP contribution in [0.5, 0.6) is 0 Å². The lowest BCUT2D eigenvalue weighted by molar-refractivity contribution is -0.213. The van der Waals surface area contributed by atoms with Gasteiger partial charge in [-0.25, -0.2) is 13.7 Å². The lowest BCUT2D eigenvalue weighted by Gasteiger charge is -2.44. The molecule has 69 heavy (non-hydrogen) atoms. The van der Waals surface area contributed by atoms with E-state index >= 15 is 0 Å². The third kappa shape index (κ3) is 34.8. The van der Waals surface area contributed by atoms with Crippen LogP contribution in [0.1, 0.15) is 168 Å². The van der Waals surface area contributed by atoms with E-state index < -0.39 is 91.3 Å². The first-order valence-electron chi connectivity index (χ1n) is 24.6. The molecule has 0 aromatic heterocycles. The highest BCUT2D eigenvalue weighted by atomic mass is 31.2. The van der Waals surface area contributed by atoms with E-state index in [1.807, 2.05) is 0 Å². The zero-order chi connectivity index (χ0) is 51.4. The van der Waals surface area contributed by atoms with Crippen LogP contribution in [0.2, 0.25) is 0 Å². The van der Waals surface area contributed by atoms with Gasteiger partial charge in [-0.15, -0.1) is 0 Å². The standard InChI is InChI=1S/C47H83O19P3/c1-3-5-7-9-11-13-15-17-18-19-20-21-22-24-26-28-30-32-34-36-41(49)63-39(37-61-40(48)35-33-31-29-27-25-23-16-14-12-10-8-6-4-2)38-62-69(59,60)66-45-42(50)43(51)46(64-67(53,54)55)47(44(45)52)65-68(56,57)58/h5,7,11,13,17-18,20-21,24,26,39,42-47,50-52H,3-4,6,8-10,12,14-16,19,22-23,25,27-38H2,1-2H3,(H,59,60)(H2,53,54,55)(H2,56,57,58)/b7-5-,13-11-,18-17-,21-20-,26-24-/t39-,42?,43?,44?,45+,46?,47+/m1/s1. The van der Waals surface area contributed by atoms with Gasteiger partial charge in [0.2, 0.25) is 0 Å². The highest BCUT2D eigenvalue weighted by Crippen LogP contribution is 2.51. The second-order valence-corrected chi connectivity index (χ2v) is 20.8. The highest BCUT2D eigenvalue weighted by molar-refractivity contribution is 7.47. The minimum absolute atomic E-state index is 0.0422. The number of rotatable bonds is 41. The van der Waals surface area contributed by atoms with Gasteiger partial charge in [-0.2, -0.15) is 0 Å². The molecular weight excluding hydrogens is 961 g/mol. The van der Waals surface area contributed by atoms with Crippen LogP contribution in [0.3, 0.4) is 0 Å². The Bertz CT molecular complexity index is 1670. The van der Waals surface area contributed by atoms with Gasteiger partial charge in [0, 0.05) is 12.8 Å². The predicted molar refractivity (Wildman–Crippen MR) is 261 cm³/mol. The van der Waals surface area contributed by atoms with Gasteiger partial charge in [0.15, 0.2) is 6.10 Å². The Hall–Kier alpha value is -2.15. The molecule has 19 nitrogen and oxygen atoms in total. The van der Waals surface area contributed by atoms with Crippen LogP contribution < -0.4 is 0 Å². The number of carbonyl (C=O) groups is 2. The molecule has 0 heterocycles. The van der Waals surface area contributed by atoms with Crippen LogP contribution in [-0.2, 0) is 50.9 Å². The average molecular weight is 1050 g/mol. The van der Waals surface area contributed by atoms with E-state index in [1.54, 1.807) is 0 Å². The zero-order valence-corrected chi connectivity index (χ0v) is 43.3. The van der Waals surface area contributed by atoms with E-state index in [0.717, 1.165) is 70.6 Å². The monoisotopic (exact) mass is 1040 g/mol. The van der Waals surface area contributed by atoms with Crippen molar-refractivity contribution >= 4 is 35.4 Å². The fourth-order valence-electron chi connectivity index (χ4n) is 7.20. The molecule has 1 saturated carbocycles. The van der Waals surface area contributed by atoms with Crippen molar-refractivity contribution < 1.29 is 90.6 Å². The van der Waals surface area contributed by atoms with E-state index in [0.29, 0.717) is 19.3 Å². The summed E-state index contributed by atoms with van der Waals surface area (Å²) in [6, 6.07) is 0. The second kappa shape index (κ2) is 38.5. The quantitative estimate of drug-likeness (QED) is 0.0122. The molecular formula is C47H83O19P3. The van der Waals surface area contributed by atoms with E-state index in [-0.39, 0.29) is 12.8 Å². The third-order valence-electron chi connectivity index (χ3n) is 10.8. The molecule has 22 heteroatoms. The number of carbonyl (C=O) groups excluding carboxylic acids is 2. The number of phosphoric acid groups is 3. The molecule has 8 atom stereocenters. The number of unbranched alkanes of at least 4 members (excludes halogenated alkanes) is 15. The molecule has 0 amide bonds. The summed E-state index contributed by atoms with van der Waals surface area (Å²) in [6.07, 6.45) is 26.6. The zero-order valence-electron chi connectivity index (χ0n) is 40.6. The maximum atomic E-state index is 13.1. The second-order valence-electron chi connectivity index (χ2n) is 17.0. The van der Waals surface area contributed by atoms with Crippen molar-refractivity contribution in [1.29, 1.82) is 0 Å². The smallest absolute Gasteiger partial charge is 0.462 e. The Morgan fingerprint density at radius 1 is 0.478 bits per heavy atom. The molecule has 1 fully saturated rings. The van der Waals surface area contributed by atoms with Crippen molar-refractivity contribution in [1.82, 2.24) is 0 Å². The number of hydrogen-bond donors (Lipinski definition) is 8. The first-order chi connectivity index (χ1) is 32.8. The summed E-state index contributed by atoms with van der Waals surface area (Å²) in [5, 5.41) is 31.9. The summed E-state index contributed by atoms with van der Waals surface area (Å²) in [7, 11) is -16.6. The number of allylic oxidation sites excluding steroid dienone is 10. The van der Waals surface area contributed by atoms with Crippen molar-refractivity contribution in [3.8, 4) is 0 Å². The molecule has 0 spiro atoms. The van der Waals surface area contributed by atoms with Gasteiger partial charge in [-0.05, 0) is 57.8 Å². The Morgan fingerprint density at radius 2 is 0.884 bits per heavy atom.